The summed E-state index contributed by atoms with van der Waals surface area (Å²) in [4.78, 5) is 31.4. The maximum absolute atomic E-state index is 14.0. The lowest BCUT2D eigenvalue weighted by Gasteiger charge is -2.36. The van der Waals surface area contributed by atoms with E-state index in [4.69, 9.17) is 0 Å². The molecule has 2 aliphatic rings. The van der Waals surface area contributed by atoms with Crippen molar-refractivity contribution in [2.75, 3.05) is 37.6 Å². The Morgan fingerprint density at radius 1 is 0.714 bits per heavy atom. The van der Waals surface area contributed by atoms with Gasteiger partial charge in [0.25, 0.3) is 11.8 Å². The molecule has 8 heteroatoms. The summed E-state index contributed by atoms with van der Waals surface area (Å²) in [5.74, 6) is -2.25. The fourth-order valence-electron chi connectivity index (χ4n) is 4.77. The van der Waals surface area contributed by atoms with Crippen molar-refractivity contribution in [2.45, 2.75) is 13.0 Å². The quantitative estimate of drug-likeness (QED) is 0.496. The molecule has 0 radical (unpaired) electrons. The van der Waals surface area contributed by atoms with Gasteiger partial charge in [0, 0.05) is 44.8 Å². The van der Waals surface area contributed by atoms with Crippen LogP contribution in [0.2, 0.25) is 0 Å². The normalized spacial score (nSPS) is 16.2. The molecule has 2 amide bonds. The van der Waals surface area contributed by atoms with E-state index in [-0.39, 0.29) is 42.7 Å². The Morgan fingerprint density at radius 3 is 2.09 bits per heavy atom. The molecule has 1 saturated heterocycles. The van der Waals surface area contributed by atoms with Crippen molar-refractivity contribution in [2.24, 2.45) is 0 Å². The monoisotopic (exact) mass is 479 g/mol. The van der Waals surface area contributed by atoms with Gasteiger partial charge in [0.1, 0.15) is 17.5 Å². The Kier molecular flexibility index (Phi) is 6.30. The fraction of sp³-hybridized carbons (Fsp3) is 0.259. The van der Waals surface area contributed by atoms with Gasteiger partial charge in [0.2, 0.25) is 0 Å². The molecule has 0 unspecified atom stereocenters. The first-order valence-electron chi connectivity index (χ1n) is 11.6. The Hall–Kier alpha value is -3.65. The van der Waals surface area contributed by atoms with Crippen LogP contribution >= 0.6 is 0 Å². The number of amides is 2. The zero-order valence-corrected chi connectivity index (χ0v) is 19.0. The zero-order valence-electron chi connectivity index (χ0n) is 19.0. The smallest absolute Gasteiger partial charge is 0.263 e. The first-order chi connectivity index (χ1) is 16.9. The summed E-state index contributed by atoms with van der Waals surface area (Å²) in [6.45, 7) is 2.45. The molecule has 3 aromatic carbocycles. The number of anilines is 1. The van der Waals surface area contributed by atoms with E-state index in [2.05, 4.69) is 0 Å². The average molecular weight is 480 g/mol. The molecule has 0 spiro atoms. The molecule has 180 valence electrons. The summed E-state index contributed by atoms with van der Waals surface area (Å²) in [5, 5.41) is 0. The van der Waals surface area contributed by atoms with Gasteiger partial charge in [-0.05, 0) is 42.3 Å². The average Bonchev–Trinajstić information content (AvgIpc) is 3.11. The summed E-state index contributed by atoms with van der Waals surface area (Å²) in [6, 6.07) is 15.4. The van der Waals surface area contributed by atoms with E-state index in [1.54, 1.807) is 30.3 Å². The first-order valence-corrected chi connectivity index (χ1v) is 11.6. The second-order valence-electron chi connectivity index (χ2n) is 8.77. The molecule has 35 heavy (non-hydrogen) atoms. The molecule has 0 aliphatic carbocycles. The molecule has 1 fully saturated rings. The minimum absolute atomic E-state index is 0.0489. The minimum atomic E-state index is -0.562. The molecule has 5 nitrogen and oxygen atoms in total. The van der Waals surface area contributed by atoms with Crippen LogP contribution in [0.4, 0.5) is 18.9 Å². The molecule has 2 aliphatic heterocycles. The van der Waals surface area contributed by atoms with E-state index in [0.29, 0.717) is 48.6 Å². The van der Waals surface area contributed by atoms with Crippen LogP contribution in [0, 0.1) is 17.5 Å². The zero-order chi connectivity index (χ0) is 24.5. The van der Waals surface area contributed by atoms with Gasteiger partial charge in [0.15, 0.2) is 0 Å². The number of hydrogen-bond acceptors (Lipinski definition) is 4. The number of piperazine rings is 1. The Bertz CT molecular complexity index is 1270. The number of carbonyl (C=O) groups is 2. The largest absolute Gasteiger partial charge is 0.368 e. The summed E-state index contributed by atoms with van der Waals surface area (Å²) >= 11 is 0. The van der Waals surface area contributed by atoms with E-state index in [1.165, 1.54) is 29.2 Å². The highest BCUT2D eigenvalue weighted by atomic mass is 19.1. The van der Waals surface area contributed by atoms with Crippen LogP contribution < -0.4 is 4.90 Å². The molecule has 5 rings (SSSR count). The predicted octanol–water partition coefficient (Wildman–Crippen LogP) is 4.26. The van der Waals surface area contributed by atoms with Crippen molar-refractivity contribution < 1.29 is 22.8 Å². The fourth-order valence-corrected chi connectivity index (χ4v) is 4.77. The van der Waals surface area contributed by atoms with E-state index in [0.717, 1.165) is 0 Å². The maximum atomic E-state index is 14.0. The van der Waals surface area contributed by atoms with Crippen LogP contribution in [0.25, 0.3) is 0 Å². The number of fused-ring (bicyclic) bond motifs is 1. The number of imide groups is 1. The molecule has 0 bridgehead atoms. The van der Waals surface area contributed by atoms with Crippen molar-refractivity contribution >= 4 is 17.5 Å². The van der Waals surface area contributed by atoms with E-state index < -0.39 is 11.6 Å². The first kappa shape index (κ1) is 23.1. The molecule has 2 heterocycles. The van der Waals surface area contributed by atoms with Crippen molar-refractivity contribution in [3.8, 4) is 0 Å². The van der Waals surface area contributed by atoms with Crippen LogP contribution in [0.3, 0.4) is 0 Å². The predicted molar refractivity (Wildman–Crippen MR) is 126 cm³/mol. The van der Waals surface area contributed by atoms with Crippen LogP contribution in [0.15, 0.2) is 60.7 Å². The van der Waals surface area contributed by atoms with Gasteiger partial charge in [-0.25, -0.2) is 13.2 Å². The lowest BCUT2D eigenvalue weighted by molar-refractivity contribution is 0.0656. The van der Waals surface area contributed by atoms with E-state index in [1.807, 2.05) is 15.9 Å². The lowest BCUT2D eigenvalue weighted by atomic mass is 10.1. The van der Waals surface area contributed by atoms with Crippen molar-refractivity contribution in [3.63, 3.8) is 0 Å². The van der Waals surface area contributed by atoms with Crippen LogP contribution in [-0.4, -0.2) is 54.3 Å². The highest BCUT2D eigenvalue weighted by Crippen LogP contribution is 2.32. The highest BCUT2D eigenvalue weighted by Gasteiger charge is 2.38. The molecule has 0 N–H and O–H groups in total. The number of carbonyl (C=O) groups excluding carboxylic acids is 2. The maximum Gasteiger partial charge on any atom is 0.263 e. The molecular formula is C27H24F3N3O2. The summed E-state index contributed by atoms with van der Waals surface area (Å²) in [5.41, 5.74) is 1.88. The third-order valence-corrected chi connectivity index (χ3v) is 6.70. The summed E-state index contributed by atoms with van der Waals surface area (Å²) in [6.07, 6.45) is 0.235. The third-order valence-electron chi connectivity index (χ3n) is 6.70. The molecular weight excluding hydrogens is 455 g/mol. The Balaban J connectivity index is 1.29. The molecule has 3 aromatic rings. The number of halogens is 3. The van der Waals surface area contributed by atoms with Gasteiger partial charge in [-0.2, -0.15) is 0 Å². The van der Waals surface area contributed by atoms with Gasteiger partial charge in [-0.15, -0.1) is 0 Å². The Morgan fingerprint density at radius 2 is 1.37 bits per heavy atom. The number of nitrogens with zero attached hydrogens (tertiary/aromatic N) is 3. The van der Waals surface area contributed by atoms with E-state index in [9.17, 15) is 22.8 Å². The number of benzene rings is 3. The molecule has 0 atom stereocenters. The Labute approximate surface area is 201 Å². The van der Waals surface area contributed by atoms with Crippen LogP contribution in [0.5, 0.6) is 0 Å². The third kappa shape index (κ3) is 4.41. The summed E-state index contributed by atoms with van der Waals surface area (Å²) < 4.78 is 42.1. The van der Waals surface area contributed by atoms with Crippen LogP contribution in [0.1, 0.15) is 31.8 Å². The van der Waals surface area contributed by atoms with Gasteiger partial charge >= 0.3 is 0 Å². The molecule has 0 saturated carbocycles. The topological polar surface area (TPSA) is 43.9 Å². The summed E-state index contributed by atoms with van der Waals surface area (Å²) in [7, 11) is 0. The SMILES string of the molecule is O=C1c2cccc(N3CCN(Cc4c(F)cccc4F)CC3)c2C(=O)N1CCc1ccccc1F. The van der Waals surface area contributed by atoms with Gasteiger partial charge in [-0.3, -0.25) is 19.4 Å². The van der Waals surface area contributed by atoms with Crippen LogP contribution in [-0.2, 0) is 13.0 Å². The molecule has 0 aromatic heterocycles. The van der Waals surface area contributed by atoms with Gasteiger partial charge < -0.3 is 4.90 Å². The van der Waals surface area contributed by atoms with E-state index >= 15 is 0 Å². The number of hydrogen-bond donors (Lipinski definition) is 0. The van der Waals surface area contributed by atoms with Crippen molar-refractivity contribution in [3.05, 3.63) is 100 Å². The standard InChI is InChI=1S/C27H24F3N3O2/c28-21-7-2-1-5-18(21)11-12-33-26(34)19-6-3-10-24(25(19)27(33)35)32-15-13-31(14-16-32)17-20-22(29)8-4-9-23(20)30/h1-10H,11-17H2. The lowest BCUT2D eigenvalue weighted by Crippen LogP contribution is -2.46. The van der Waals surface area contributed by atoms with Crippen molar-refractivity contribution in [1.82, 2.24) is 9.80 Å². The van der Waals surface area contributed by atoms with Gasteiger partial charge in [0.05, 0.1) is 16.8 Å². The van der Waals surface area contributed by atoms with Crippen molar-refractivity contribution in [1.29, 1.82) is 0 Å². The highest BCUT2D eigenvalue weighted by molar-refractivity contribution is 6.23. The second kappa shape index (κ2) is 9.54. The van der Waals surface area contributed by atoms with Gasteiger partial charge in [-0.1, -0.05) is 30.3 Å². The second-order valence-corrected chi connectivity index (χ2v) is 8.77. The minimum Gasteiger partial charge on any atom is -0.368 e. The number of rotatable bonds is 6.